The molecule has 2 N–H and O–H groups in total. The maximum Gasteiger partial charge on any atom is 0.169 e. The lowest BCUT2D eigenvalue weighted by molar-refractivity contribution is 0.101. The molecule has 2 aliphatic heterocycles. The van der Waals surface area contributed by atoms with Crippen LogP contribution >= 0.6 is 0 Å². The van der Waals surface area contributed by atoms with Gasteiger partial charge in [-0.3, -0.25) is 0 Å². The lowest BCUT2D eigenvalue weighted by Gasteiger charge is -2.49. The van der Waals surface area contributed by atoms with Crippen LogP contribution in [0.25, 0.3) is 0 Å². The summed E-state index contributed by atoms with van der Waals surface area (Å²) in [6.07, 6.45) is 6.55. The fourth-order valence-electron chi connectivity index (χ4n) is 4.85. The maximum atomic E-state index is 7.00. The molecule has 1 aromatic carbocycles. The second-order valence-electron chi connectivity index (χ2n) is 6.57. The molecule has 1 saturated heterocycles. The van der Waals surface area contributed by atoms with E-state index in [0.717, 1.165) is 38.0 Å². The van der Waals surface area contributed by atoms with Crippen molar-refractivity contribution in [3.05, 3.63) is 52.3 Å². The van der Waals surface area contributed by atoms with Crippen molar-refractivity contribution in [2.45, 2.75) is 37.3 Å². The van der Waals surface area contributed by atoms with E-state index in [4.69, 9.17) is 14.6 Å². The van der Waals surface area contributed by atoms with Crippen LogP contribution in [0.1, 0.15) is 23.1 Å². The Hall–Kier alpha value is -1.78. The first-order chi connectivity index (χ1) is 11.3. The molecular weight excluding hydrogens is 290 g/mol. The van der Waals surface area contributed by atoms with Crippen LogP contribution in [0.5, 0.6) is 5.75 Å². The molecule has 122 valence electrons. The normalized spacial score (nSPS) is 31.8. The molecule has 4 aliphatic rings. The standard InChI is InChI=1S/C18H19NO2.CH4O/c1-10-3-4-11-9-13-12-5-6-14(20-2)17-18(12,7-8-19-13)15(11)16(10)21-17;1-2/h3-6,13,17,19H,7-9H2,1-2H3;2H,1H3/t13-,17+,18+;/m1./s1. The molecule has 0 radical (unpaired) electrons. The molecule has 0 unspecified atom stereocenters. The molecule has 4 nitrogen and oxygen atoms in total. The molecule has 1 aromatic rings. The second kappa shape index (κ2) is 5.11. The van der Waals surface area contributed by atoms with E-state index in [1.807, 2.05) is 0 Å². The van der Waals surface area contributed by atoms with E-state index in [2.05, 4.69) is 36.5 Å². The molecule has 0 aromatic heterocycles. The summed E-state index contributed by atoms with van der Waals surface area (Å²) < 4.78 is 12.1. The number of ether oxygens (including phenoxy) is 2. The minimum atomic E-state index is 0.00491. The Labute approximate surface area is 136 Å². The Morgan fingerprint density at radius 2 is 2.13 bits per heavy atom. The molecular formula is C19H23NO3. The quantitative estimate of drug-likeness (QED) is 0.832. The molecule has 2 bridgehead atoms. The van der Waals surface area contributed by atoms with Gasteiger partial charge in [-0.1, -0.05) is 18.2 Å². The lowest BCUT2D eigenvalue weighted by Crippen LogP contribution is -2.58. The number of hydrogen-bond donors (Lipinski definition) is 2. The zero-order valence-corrected chi connectivity index (χ0v) is 13.8. The predicted octanol–water partition coefficient (Wildman–Crippen LogP) is 1.99. The van der Waals surface area contributed by atoms with Crippen LogP contribution < -0.4 is 10.1 Å². The van der Waals surface area contributed by atoms with Crippen molar-refractivity contribution in [3.8, 4) is 5.75 Å². The summed E-state index contributed by atoms with van der Waals surface area (Å²) in [6.45, 7) is 3.20. The second-order valence-corrected chi connectivity index (χ2v) is 6.57. The molecule has 5 rings (SSSR count). The van der Waals surface area contributed by atoms with Crippen LogP contribution in [0.2, 0.25) is 0 Å². The summed E-state index contributed by atoms with van der Waals surface area (Å²) >= 11 is 0. The molecule has 0 amide bonds. The van der Waals surface area contributed by atoms with Gasteiger partial charge in [-0.15, -0.1) is 0 Å². The number of rotatable bonds is 1. The fourth-order valence-corrected chi connectivity index (χ4v) is 4.85. The zero-order valence-electron chi connectivity index (χ0n) is 13.8. The van der Waals surface area contributed by atoms with Crippen molar-refractivity contribution < 1.29 is 14.6 Å². The van der Waals surface area contributed by atoms with Crippen LogP contribution in [-0.2, 0) is 16.6 Å². The molecule has 4 heteroatoms. The van der Waals surface area contributed by atoms with Crippen molar-refractivity contribution in [3.63, 3.8) is 0 Å². The Balaban J connectivity index is 0.000000652. The Kier molecular flexibility index (Phi) is 3.29. The summed E-state index contributed by atoms with van der Waals surface area (Å²) in [5, 5.41) is 10.7. The fraction of sp³-hybridized carbons (Fsp3) is 0.474. The van der Waals surface area contributed by atoms with E-state index >= 15 is 0 Å². The number of piperidine rings is 1. The number of methoxy groups -OCH3 is 1. The first-order valence-corrected chi connectivity index (χ1v) is 8.19. The largest absolute Gasteiger partial charge is 0.497 e. The summed E-state index contributed by atoms with van der Waals surface area (Å²) in [6, 6.07) is 4.94. The molecule has 2 aliphatic carbocycles. The van der Waals surface area contributed by atoms with Gasteiger partial charge in [-0.25, -0.2) is 0 Å². The smallest absolute Gasteiger partial charge is 0.169 e. The molecule has 1 spiro atoms. The van der Waals surface area contributed by atoms with Gasteiger partial charge in [-0.2, -0.15) is 0 Å². The minimum Gasteiger partial charge on any atom is -0.497 e. The highest BCUT2D eigenvalue weighted by atomic mass is 16.5. The summed E-state index contributed by atoms with van der Waals surface area (Å²) in [4.78, 5) is 0. The van der Waals surface area contributed by atoms with Crippen molar-refractivity contribution in [1.29, 1.82) is 0 Å². The van der Waals surface area contributed by atoms with Gasteiger partial charge in [0.2, 0.25) is 0 Å². The Morgan fingerprint density at radius 3 is 2.91 bits per heavy atom. The predicted molar refractivity (Wildman–Crippen MR) is 88.7 cm³/mol. The molecule has 23 heavy (non-hydrogen) atoms. The topological polar surface area (TPSA) is 50.7 Å². The van der Waals surface area contributed by atoms with Crippen molar-refractivity contribution in [2.24, 2.45) is 0 Å². The van der Waals surface area contributed by atoms with Crippen LogP contribution in [0, 0.1) is 6.92 Å². The SMILES string of the molecule is CO.COC1=CC=C2[C@H]3Cc4ccc(C)c5c4[C@@]2(CCN3)[C@H]1O5. The third-order valence-corrected chi connectivity index (χ3v) is 5.72. The monoisotopic (exact) mass is 313 g/mol. The number of allylic oxidation sites excluding steroid dienone is 2. The first kappa shape index (κ1) is 14.8. The van der Waals surface area contributed by atoms with Crippen molar-refractivity contribution in [1.82, 2.24) is 5.32 Å². The molecule has 0 saturated carbocycles. The number of aliphatic hydroxyl groups excluding tert-OH is 1. The average Bonchev–Trinajstić information content (AvgIpc) is 2.93. The van der Waals surface area contributed by atoms with Gasteiger partial charge in [0.15, 0.2) is 6.10 Å². The molecule has 1 fully saturated rings. The van der Waals surface area contributed by atoms with Gasteiger partial charge >= 0.3 is 0 Å². The third-order valence-electron chi connectivity index (χ3n) is 5.72. The van der Waals surface area contributed by atoms with Crippen molar-refractivity contribution in [2.75, 3.05) is 20.8 Å². The highest BCUT2D eigenvalue weighted by molar-refractivity contribution is 5.65. The van der Waals surface area contributed by atoms with Crippen LogP contribution in [0.3, 0.4) is 0 Å². The van der Waals surface area contributed by atoms with E-state index in [0.29, 0.717) is 6.04 Å². The van der Waals surface area contributed by atoms with Crippen LogP contribution in [-0.4, -0.2) is 38.0 Å². The number of aliphatic hydroxyl groups is 1. The Morgan fingerprint density at radius 1 is 1.30 bits per heavy atom. The van der Waals surface area contributed by atoms with E-state index in [1.165, 1.54) is 22.3 Å². The van der Waals surface area contributed by atoms with Crippen molar-refractivity contribution >= 4 is 0 Å². The number of benzene rings is 1. The van der Waals surface area contributed by atoms with E-state index < -0.39 is 0 Å². The first-order valence-electron chi connectivity index (χ1n) is 8.19. The van der Waals surface area contributed by atoms with Gasteiger partial charge in [-0.05, 0) is 49.1 Å². The van der Waals surface area contributed by atoms with Gasteiger partial charge < -0.3 is 19.9 Å². The summed E-state index contributed by atoms with van der Waals surface area (Å²) in [5.41, 5.74) is 5.63. The molecule has 2 heterocycles. The zero-order chi connectivity index (χ0) is 16.2. The number of hydrogen-bond acceptors (Lipinski definition) is 4. The summed E-state index contributed by atoms with van der Waals surface area (Å²) in [5.74, 6) is 2.07. The van der Waals surface area contributed by atoms with E-state index in [9.17, 15) is 0 Å². The molecule has 3 atom stereocenters. The van der Waals surface area contributed by atoms with Gasteiger partial charge in [0.05, 0.1) is 12.5 Å². The van der Waals surface area contributed by atoms with Gasteiger partial charge in [0.1, 0.15) is 11.5 Å². The highest BCUT2D eigenvalue weighted by Gasteiger charge is 2.60. The van der Waals surface area contributed by atoms with E-state index in [1.54, 1.807) is 7.11 Å². The number of aryl methyl sites for hydroxylation is 1. The van der Waals surface area contributed by atoms with E-state index in [-0.39, 0.29) is 11.5 Å². The third kappa shape index (κ3) is 1.68. The summed E-state index contributed by atoms with van der Waals surface area (Å²) in [7, 11) is 2.75. The Bertz CT molecular complexity index is 722. The minimum absolute atomic E-state index is 0.00491. The number of nitrogens with one attached hydrogen (secondary N) is 1. The van der Waals surface area contributed by atoms with Gasteiger partial charge in [0.25, 0.3) is 0 Å². The van der Waals surface area contributed by atoms with Crippen LogP contribution in [0.4, 0.5) is 0 Å². The van der Waals surface area contributed by atoms with Gasteiger partial charge in [0, 0.05) is 18.7 Å². The highest BCUT2D eigenvalue weighted by Crippen LogP contribution is 2.59. The lowest BCUT2D eigenvalue weighted by atomic mass is 9.57. The maximum absolute atomic E-state index is 7.00. The average molecular weight is 313 g/mol. The van der Waals surface area contributed by atoms with Crippen LogP contribution in [0.15, 0.2) is 35.6 Å².